The lowest BCUT2D eigenvalue weighted by molar-refractivity contribution is 0.0602. The van der Waals surface area contributed by atoms with Crippen LogP contribution in [0.15, 0.2) is 18.2 Å². The molecule has 1 aromatic heterocycles. The second-order valence-corrected chi connectivity index (χ2v) is 4.48. The number of rotatable bonds is 3. The third kappa shape index (κ3) is 2.51. The van der Waals surface area contributed by atoms with E-state index in [2.05, 4.69) is 9.84 Å². The molecule has 0 bridgehead atoms. The summed E-state index contributed by atoms with van der Waals surface area (Å²) in [6.07, 6.45) is 0. The molecule has 1 heterocycles. The lowest BCUT2D eigenvalue weighted by Crippen LogP contribution is -2.14. The van der Waals surface area contributed by atoms with E-state index in [-0.39, 0.29) is 22.9 Å². The first kappa shape index (κ1) is 14.8. The first-order valence-corrected chi connectivity index (χ1v) is 5.96. The lowest BCUT2D eigenvalue weighted by Gasteiger charge is -2.09. The van der Waals surface area contributed by atoms with Gasteiger partial charge in [0.15, 0.2) is 11.6 Å². The molecule has 0 unspecified atom stereocenters. The fourth-order valence-corrected chi connectivity index (χ4v) is 1.87. The Morgan fingerprint density at radius 1 is 1.38 bits per heavy atom. The topological polar surface area (TPSA) is 73.4 Å². The fourth-order valence-electron chi connectivity index (χ4n) is 1.87. The number of hydrogen-bond acceptors (Lipinski definition) is 5. The van der Waals surface area contributed by atoms with Gasteiger partial charge in [0, 0.05) is 20.2 Å². The Kier molecular flexibility index (Phi) is 3.79. The molecule has 0 spiro atoms. The van der Waals surface area contributed by atoms with E-state index in [0.717, 1.165) is 10.7 Å². The molecule has 0 aliphatic heterocycles. The van der Waals surface area contributed by atoms with Crippen molar-refractivity contribution < 1.29 is 18.3 Å². The molecule has 0 amide bonds. The predicted octanol–water partition coefficient (Wildman–Crippen LogP) is 1.59. The van der Waals surface area contributed by atoms with E-state index in [1.807, 2.05) is 0 Å². The summed E-state index contributed by atoms with van der Waals surface area (Å²) >= 11 is 0. The SMILES string of the molecule is COC(=O)c1c(N(C)C)nn(-c2ccc(F)cc2F)c1N. The molecule has 0 saturated heterocycles. The maximum Gasteiger partial charge on any atom is 0.345 e. The van der Waals surface area contributed by atoms with Crippen molar-refractivity contribution in [1.82, 2.24) is 9.78 Å². The van der Waals surface area contributed by atoms with Crippen LogP contribution in [-0.4, -0.2) is 37.0 Å². The smallest absolute Gasteiger partial charge is 0.345 e. The number of esters is 1. The molecule has 2 rings (SSSR count). The van der Waals surface area contributed by atoms with Crippen LogP contribution in [0.1, 0.15) is 10.4 Å². The zero-order chi connectivity index (χ0) is 15.7. The van der Waals surface area contributed by atoms with E-state index in [9.17, 15) is 13.6 Å². The first-order chi connectivity index (χ1) is 9.86. The van der Waals surface area contributed by atoms with Crippen LogP contribution in [0.2, 0.25) is 0 Å². The van der Waals surface area contributed by atoms with Gasteiger partial charge >= 0.3 is 5.97 Å². The minimum absolute atomic E-state index is 0.0197. The second kappa shape index (κ2) is 5.39. The Morgan fingerprint density at radius 3 is 2.57 bits per heavy atom. The number of hydrogen-bond donors (Lipinski definition) is 1. The molecular formula is C13H14F2N4O2. The summed E-state index contributed by atoms with van der Waals surface area (Å²) in [6.45, 7) is 0. The molecule has 2 aromatic rings. The van der Waals surface area contributed by atoms with Gasteiger partial charge in [-0.15, -0.1) is 5.10 Å². The molecule has 0 aliphatic rings. The lowest BCUT2D eigenvalue weighted by atomic mass is 10.2. The number of halogens is 2. The van der Waals surface area contributed by atoms with E-state index in [0.29, 0.717) is 6.07 Å². The van der Waals surface area contributed by atoms with Crippen LogP contribution < -0.4 is 10.6 Å². The van der Waals surface area contributed by atoms with Crippen molar-refractivity contribution in [2.24, 2.45) is 0 Å². The second-order valence-electron chi connectivity index (χ2n) is 4.48. The molecule has 112 valence electrons. The highest BCUT2D eigenvalue weighted by atomic mass is 19.1. The quantitative estimate of drug-likeness (QED) is 0.871. The highest BCUT2D eigenvalue weighted by Gasteiger charge is 2.25. The van der Waals surface area contributed by atoms with Crippen molar-refractivity contribution in [3.8, 4) is 5.69 Å². The maximum atomic E-state index is 13.9. The van der Waals surface area contributed by atoms with Crippen LogP contribution in [0.4, 0.5) is 20.4 Å². The van der Waals surface area contributed by atoms with Gasteiger partial charge in [-0.3, -0.25) is 0 Å². The van der Waals surface area contributed by atoms with Crippen LogP contribution in [-0.2, 0) is 4.74 Å². The number of aromatic nitrogens is 2. The highest BCUT2D eigenvalue weighted by Crippen LogP contribution is 2.28. The fraction of sp³-hybridized carbons (Fsp3) is 0.231. The number of carbonyl (C=O) groups excluding carboxylic acids is 1. The van der Waals surface area contributed by atoms with Crippen molar-refractivity contribution in [1.29, 1.82) is 0 Å². The number of nitrogen functional groups attached to an aromatic ring is 1. The van der Waals surface area contributed by atoms with Crippen LogP contribution in [0.3, 0.4) is 0 Å². The third-order valence-corrected chi connectivity index (χ3v) is 2.85. The Morgan fingerprint density at radius 2 is 2.05 bits per heavy atom. The van der Waals surface area contributed by atoms with E-state index in [1.165, 1.54) is 13.2 Å². The average Bonchev–Trinajstić information content (AvgIpc) is 2.76. The van der Waals surface area contributed by atoms with E-state index < -0.39 is 17.6 Å². The van der Waals surface area contributed by atoms with Crippen molar-refractivity contribution in [3.05, 3.63) is 35.4 Å². The molecular weight excluding hydrogens is 282 g/mol. The van der Waals surface area contributed by atoms with Crippen LogP contribution in [0.25, 0.3) is 5.69 Å². The van der Waals surface area contributed by atoms with Gasteiger partial charge in [0.1, 0.15) is 22.9 Å². The standard InChI is InChI=1S/C13H14F2N4O2/c1-18(2)12-10(13(20)21-3)11(16)19(17-12)9-5-4-7(14)6-8(9)15/h4-6H,16H2,1-3H3. The zero-order valence-electron chi connectivity index (χ0n) is 11.7. The van der Waals surface area contributed by atoms with Gasteiger partial charge in [-0.05, 0) is 12.1 Å². The van der Waals surface area contributed by atoms with Crippen LogP contribution in [0.5, 0.6) is 0 Å². The zero-order valence-corrected chi connectivity index (χ0v) is 11.7. The number of benzene rings is 1. The number of nitrogens with two attached hydrogens (primary N) is 1. The van der Waals surface area contributed by atoms with Gasteiger partial charge in [0.05, 0.1) is 7.11 Å². The number of methoxy groups -OCH3 is 1. The van der Waals surface area contributed by atoms with E-state index >= 15 is 0 Å². The predicted molar refractivity (Wildman–Crippen MR) is 73.6 cm³/mol. The molecule has 8 heteroatoms. The molecule has 0 radical (unpaired) electrons. The van der Waals surface area contributed by atoms with E-state index in [4.69, 9.17) is 5.73 Å². The molecule has 1 aromatic carbocycles. The van der Waals surface area contributed by atoms with Crippen LogP contribution >= 0.6 is 0 Å². The summed E-state index contributed by atoms with van der Waals surface area (Å²) in [7, 11) is 4.51. The molecule has 21 heavy (non-hydrogen) atoms. The molecule has 0 aliphatic carbocycles. The minimum Gasteiger partial charge on any atom is -0.465 e. The Labute approximate surface area is 119 Å². The first-order valence-electron chi connectivity index (χ1n) is 5.96. The molecule has 2 N–H and O–H groups in total. The summed E-state index contributed by atoms with van der Waals surface area (Å²) in [6, 6.07) is 2.98. The van der Waals surface area contributed by atoms with Gasteiger partial charge in [-0.2, -0.15) is 0 Å². The van der Waals surface area contributed by atoms with Gasteiger partial charge in [-0.1, -0.05) is 0 Å². The maximum absolute atomic E-state index is 13.9. The van der Waals surface area contributed by atoms with E-state index in [1.54, 1.807) is 19.0 Å². The third-order valence-electron chi connectivity index (χ3n) is 2.85. The monoisotopic (exact) mass is 296 g/mol. The number of nitrogens with zero attached hydrogens (tertiary/aromatic N) is 3. The number of ether oxygens (including phenoxy) is 1. The summed E-state index contributed by atoms with van der Waals surface area (Å²) in [4.78, 5) is 13.3. The van der Waals surface area contributed by atoms with Gasteiger partial charge in [-0.25, -0.2) is 18.3 Å². The normalized spacial score (nSPS) is 10.5. The Balaban J connectivity index is 2.68. The number of carbonyl (C=O) groups is 1. The molecule has 0 fully saturated rings. The van der Waals surface area contributed by atoms with Crippen LogP contribution in [0, 0.1) is 11.6 Å². The minimum atomic E-state index is -0.842. The number of anilines is 2. The molecule has 6 nitrogen and oxygen atoms in total. The Hall–Kier alpha value is -2.64. The summed E-state index contributed by atoms with van der Waals surface area (Å²) in [5, 5.41) is 4.09. The summed E-state index contributed by atoms with van der Waals surface area (Å²) in [5.41, 5.74) is 5.83. The summed E-state index contributed by atoms with van der Waals surface area (Å²) < 4.78 is 32.5. The molecule has 0 atom stereocenters. The van der Waals surface area contributed by atoms with Crippen molar-refractivity contribution >= 4 is 17.6 Å². The summed E-state index contributed by atoms with van der Waals surface area (Å²) in [5.74, 6) is -2.11. The largest absolute Gasteiger partial charge is 0.465 e. The average molecular weight is 296 g/mol. The van der Waals surface area contributed by atoms with Gasteiger partial charge in [0.2, 0.25) is 0 Å². The van der Waals surface area contributed by atoms with Gasteiger partial charge in [0.25, 0.3) is 0 Å². The van der Waals surface area contributed by atoms with Gasteiger partial charge < -0.3 is 15.4 Å². The molecule has 0 saturated carbocycles. The highest BCUT2D eigenvalue weighted by molar-refractivity contribution is 6.00. The van der Waals surface area contributed by atoms with Crippen molar-refractivity contribution in [2.75, 3.05) is 31.8 Å². The van der Waals surface area contributed by atoms with Crippen molar-refractivity contribution in [2.45, 2.75) is 0 Å². The Bertz CT molecular complexity index is 698. The van der Waals surface area contributed by atoms with Crippen molar-refractivity contribution in [3.63, 3.8) is 0 Å².